The molecule has 6 nitrogen and oxygen atoms in total. The number of hydrogen-bond acceptors (Lipinski definition) is 5. The molecule has 9 heteroatoms. The number of aliphatic hydroxyl groups excluding tert-OH is 1. The Kier molecular flexibility index (Phi) is 4.49. The minimum absolute atomic E-state index is 0.122. The number of carbonyl (C=O) groups excluding carboxylic acids is 1. The topological polar surface area (TPSA) is 84.6 Å². The van der Waals surface area contributed by atoms with Gasteiger partial charge in [0.05, 0.1) is 29.7 Å². The molecule has 0 saturated carbocycles. The number of aromatic nitrogens is 1. The molecular weight excluding hydrogens is 389 g/mol. The van der Waals surface area contributed by atoms with Crippen molar-refractivity contribution in [1.29, 1.82) is 0 Å². The lowest BCUT2D eigenvalue weighted by Gasteiger charge is -2.37. The summed E-state index contributed by atoms with van der Waals surface area (Å²) in [7, 11) is 0. The molecule has 1 unspecified atom stereocenters. The highest BCUT2D eigenvalue weighted by molar-refractivity contribution is 5.96. The maximum atomic E-state index is 13.3. The third-order valence-corrected chi connectivity index (χ3v) is 4.97. The van der Waals surface area contributed by atoms with Crippen LogP contribution in [0.1, 0.15) is 33.8 Å². The Hall–Kier alpha value is -3.07. The lowest BCUT2D eigenvalue weighted by Crippen LogP contribution is -2.51. The van der Waals surface area contributed by atoms with E-state index in [0.29, 0.717) is 11.3 Å². The van der Waals surface area contributed by atoms with Crippen LogP contribution in [0.4, 0.5) is 13.2 Å². The van der Waals surface area contributed by atoms with Gasteiger partial charge in [-0.05, 0) is 25.1 Å². The summed E-state index contributed by atoms with van der Waals surface area (Å²) in [5, 5.41) is 12.5. The van der Waals surface area contributed by atoms with Crippen LogP contribution >= 0.6 is 0 Å². The molecule has 3 heterocycles. The number of para-hydroxylation sites is 1. The van der Waals surface area contributed by atoms with Crippen LogP contribution in [0.3, 0.4) is 0 Å². The molecule has 1 aromatic carbocycles. The zero-order valence-corrected chi connectivity index (χ0v) is 15.3. The zero-order valence-electron chi connectivity index (χ0n) is 15.3. The van der Waals surface area contributed by atoms with Gasteiger partial charge in [0.15, 0.2) is 5.76 Å². The number of benzene rings is 1. The minimum Gasteiger partial charge on any atom is -0.493 e. The molecule has 0 aliphatic carbocycles. The first kappa shape index (κ1) is 19.3. The van der Waals surface area contributed by atoms with Gasteiger partial charge in [-0.2, -0.15) is 13.2 Å². The molecule has 1 aliphatic heterocycles. The van der Waals surface area contributed by atoms with Crippen molar-refractivity contribution in [2.45, 2.75) is 25.1 Å². The molecule has 1 atom stereocenters. The molecule has 1 aliphatic rings. The van der Waals surface area contributed by atoms with Crippen molar-refractivity contribution in [3.63, 3.8) is 0 Å². The van der Waals surface area contributed by atoms with Gasteiger partial charge in [0.1, 0.15) is 5.75 Å². The smallest absolute Gasteiger partial charge is 0.417 e. The van der Waals surface area contributed by atoms with Crippen molar-refractivity contribution >= 4 is 17.0 Å². The average Bonchev–Trinajstić information content (AvgIpc) is 3.10. The summed E-state index contributed by atoms with van der Waals surface area (Å²) >= 11 is 0. The lowest BCUT2D eigenvalue weighted by molar-refractivity contribution is -0.136. The zero-order chi connectivity index (χ0) is 20.8. The van der Waals surface area contributed by atoms with Gasteiger partial charge >= 0.3 is 6.18 Å². The van der Waals surface area contributed by atoms with Crippen molar-refractivity contribution in [3.8, 4) is 5.75 Å². The number of pyridine rings is 1. The van der Waals surface area contributed by atoms with E-state index >= 15 is 0 Å². The van der Waals surface area contributed by atoms with Crippen molar-refractivity contribution in [2.75, 3.05) is 13.2 Å². The van der Waals surface area contributed by atoms with Crippen LogP contribution in [0.15, 0.2) is 40.8 Å². The Morgan fingerprint density at radius 2 is 2.07 bits per heavy atom. The first-order chi connectivity index (χ1) is 13.7. The highest BCUT2D eigenvalue weighted by Crippen LogP contribution is 2.38. The van der Waals surface area contributed by atoms with Gasteiger partial charge in [-0.3, -0.25) is 4.79 Å². The quantitative estimate of drug-likeness (QED) is 0.695. The number of aryl methyl sites for hydroxylation is 1. The number of nitrogens with one attached hydrogen (secondary N) is 1. The number of carbonyl (C=O) groups is 1. The fourth-order valence-corrected chi connectivity index (χ4v) is 3.55. The number of fused-ring (bicyclic) bond motifs is 2. The summed E-state index contributed by atoms with van der Waals surface area (Å²) in [6.45, 7) is 1.26. The summed E-state index contributed by atoms with van der Waals surface area (Å²) in [6, 6.07) is 8.87. The fourth-order valence-electron chi connectivity index (χ4n) is 3.55. The monoisotopic (exact) mass is 406 g/mol. The highest BCUT2D eigenvalue weighted by atomic mass is 19.4. The molecule has 0 fully saturated rings. The second kappa shape index (κ2) is 6.77. The Balaban J connectivity index is 1.73. The minimum atomic E-state index is -4.62. The first-order valence-electron chi connectivity index (χ1n) is 8.87. The Morgan fingerprint density at radius 3 is 2.79 bits per heavy atom. The standard InChI is InChI=1S/C20H17F3N2O4/c1-11-8-14(20(21,22)23)12-9-16(29-18(12)24-11)17(27)25-19(10-26)6-7-28-15-5-3-2-4-13(15)19/h2-5,8-9,26H,6-7,10H2,1H3,(H,25,27). The molecule has 4 rings (SSSR count). The Bertz CT molecular complexity index is 1090. The molecule has 1 amide bonds. The van der Waals surface area contributed by atoms with E-state index in [-0.39, 0.29) is 35.6 Å². The lowest BCUT2D eigenvalue weighted by atomic mass is 9.85. The molecule has 152 valence electrons. The largest absolute Gasteiger partial charge is 0.493 e. The SMILES string of the molecule is Cc1cc(C(F)(F)F)c2cc(C(=O)NC3(CO)CCOc4ccccc43)oc2n1. The molecule has 29 heavy (non-hydrogen) atoms. The van der Waals surface area contributed by atoms with Gasteiger partial charge < -0.3 is 19.6 Å². The number of halogens is 3. The number of aliphatic hydroxyl groups is 1. The molecule has 2 N–H and O–H groups in total. The summed E-state index contributed by atoms with van der Waals surface area (Å²) in [6.07, 6.45) is -4.33. The van der Waals surface area contributed by atoms with Crippen LogP contribution < -0.4 is 10.1 Å². The maximum absolute atomic E-state index is 13.3. The van der Waals surface area contributed by atoms with E-state index in [9.17, 15) is 23.1 Å². The second-order valence-corrected chi connectivity index (χ2v) is 6.93. The van der Waals surface area contributed by atoms with E-state index in [1.807, 2.05) is 0 Å². The highest BCUT2D eigenvalue weighted by Gasteiger charge is 2.40. The van der Waals surface area contributed by atoms with Crippen LogP contribution in [0.5, 0.6) is 5.75 Å². The summed E-state index contributed by atoms with van der Waals surface area (Å²) < 4.78 is 50.9. The molecule has 0 radical (unpaired) electrons. The first-order valence-corrected chi connectivity index (χ1v) is 8.87. The molecule has 0 spiro atoms. The van der Waals surface area contributed by atoms with Crippen LogP contribution in [-0.2, 0) is 11.7 Å². The predicted molar refractivity (Wildman–Crippen MR) is 96.5 cm³/mol. The second-order valence-electron chi connectivity index (χ2n) is 6.93. The third-order valence-electron chi connectivity index (χ3n) is 4.97. The van der Waals surface area contributed by atoms with Crippen molar-refractivity contribution in [2.24, 2.45) is 0 Å². The summed E-state index contributed by atoms with van der Waals surface area (Å²) in [5.41, 5.74) is -1.62. The number of hydrogen-bond donors (Lipinski definition) is 2. The number of alkyl halides is 3. The van der Waals surface area contributed by atoms with E-state index in [1.165, 1.54) is 6.92 Å². The van der Waals surface area contributed by atoms with Gasteiger partial charge in [-0.15, -0.1) is 0 Å². The van der Waals surface area contributed by atoms with E-state index < -0.39 is 29.8 Å². The fraction of sp³-hybridized carbons (Fsp3) is 0.300. The average molecular weight is 406 g/mol. The molecule has 0 bridgehead atoms. The van der Waals surface area contributed by atoms with Crippen LogP contribution in [0.2, 0.25) is 0 Å². The molecular formula is C20H17F3N2O4. The number of rotatable bonds is 3. The Labute approximate surface area is 163 Å². The van der Waals surface area contributed by atoms with E-state index in [2.05, 4.69) is 10.3 Å². The summed E-state index contributed by atoms with van der Waals surface area (Å²) in [5.74, 6) is -0.547. The van der Waals surface area contributed by atoms with Gasteiger partial charge in [0.25, 0.3) is 5.91 Å². The molecule has 3 aromatic rings. The van der Waals surface area contributed by atoms with Crippen LogP contribution in [0.25, 0.3) is 11.1 Å². The van der Waals surface area contributed by atoms with Gasteiger partial charge in [-0.25, -0.2) is 4.98 Å². The normalized spacial score (nSPS) is 18.9. The van der Waals surface area contributed by atoms with E-state index in [1.54, 1.807) is 24.3 Å². The number of amides is 1. The molecule has 0 saturated heterocycles. The molecule has 2 aromatic heterocycles. The van der Waals surface area contributed by atoms with Gasteiger partial charge in [0, 0.05) is 17.7 Å². The third kappa shape index (κ3) is 3.31. The van der Waals surface area contributed by atoms with E-state index in [4.69, 9.17) is 9.15 Å². The Morgan fingerprint density at radius 1 is 1.31 bits per heavy atom. The predicted octanol–water partition coefficient (Wildman–Crippen LogP) is 3.56. The number of nitrogens with zero attached hydrogens (tertiary/aromatic N) is 1. The van der Waals surface area contributed by atoms with Crippen molar-refractivity contribution < 1.29 is 32.2 Å². The van der Waals surface area contributed by atoms with Gasteiger partial charge in [0.2, 0.25) is 5.71 Å². The van der Waals surface area contributed by atoms with Crippen molar-refractivity contribution in [3.05, 3.63) is 59.0 Å². The maximum Gasteiger partial charge on any atom is 0.417 e. The van der Waals surface area contributed by atoms with Crippen LogP contribution in [0, 0.1) is 6.92 Å². The number of ether oxygens (including phenoxy) is 1. The number of furan rings is 1. The van der Waals surface area contributed by atoms with E-state index in [0.717, 1.165) is 12.1 Å². The van der Waals surface area contributed by atoms with Crippen molar-refractivity contribution in [1.82, 2.24) is 10.3 Å². The summed E-state index contributed by atoms with van der Waals surface area (Å²) in [4.78, 5) is 16.8. The van der Waals surface area contributed by atoms with Gasteiger partial charge in [-0.1, -0.05) is 18.2 Å². The van der Waals surface area contributed by atoms with Crippen LogP contribution in [-0.4, -0.2) is 29.2 Å².